The van der Waals surface area contributed by atoms with Crippen LogP contribution in [-0.2, 0) is 16.1 Å². The van der Waals surface area contributed by atoms with Crippen LogP contribution in [0, 0.1) is 11.3 Å². The minimum atomic E-state index is -0.343. The molecule has 0 fully saturated rings. The van der Waals surface area contributed by atoms with Gasteiger partial charge in [-0.05, 0) is 29.8 Å². The van der Waals surface area contributed by atoms with E-state index in [2.05, 4.69) is 16.0 Å². The minimum Gasteiger partial charge on any atom is -0.351 e. The Bertz CT molecular complexity index is 811. The first-order valence-corrected chi connectivity index (χ1v) is 7.94. The van der Waals surface area contributed by atoms with Crippen molar-refractivity contribution in [3.8, 4) is 6.07 Å². The summed E-state index contributed by atoms with van der Waals surface area (Å²) < 4.78 is 0. The second-order valence-corrected chi connectivity index (χ2v) is 5.41. The highest BCUT2D eigenvalue weighted by atomic mass is 16.2. The summed E-state index contributed by atoms with van der Waals surface area (Å²) in [6.45, 7) is 0.168. The van der Waals surface area contributed by atoms with Crippen LogP contribution in [0.15, 0.2) is 54.6 Å². The zero-order valence-corrected chi connectivity index (χ0v) is 14.0. The summed E-state index contributed by atoms with van der Waals surface area (Å²) in [5.41, 5.74) is 1.91. The molecule has 0 aliphatic rings. The van der Waals surface area contributed by atoms with Gasteiger partial charge in [-0.3, -0.25) is 14.4 Å². The minimum absolute atomic E-state index is 0.139. The summed E-state index contributed by atoms with van der Waals surface area (Å²) in [7, 11) is 0. The van der Waals surface area contributed by atoms with Crippen LogP contribution in [-0.4, -0.2) is 24.3 Å². The molecular formula is C19H18N4O3. The largest absolute Gasteiger partial charge is 0.351 e. The number of benzene rings is 2. The number of nitrogens with zero attached hydrogens (tertiary/aromatic N) is 1. The molecule has 7 nitrogen and oxygen atoms in total. The van der Waals surface area contributed by atoms with Gasteiger partial charge in [-0.25, -0.2) is 0 Å². The molecule has 0 aliphatic carbocycles. The predicted octanol–water partition coefficient (Wildman–Crippen LogP) is 1.58. The monoisotopic (exact) mass is 350 g/mol. The third-order valence-electron chi connectivity index (χ3n) is 3.41. The lowest BCUT2D eigenvalue weighted by Gasteiger charge is -2.08. The Morgan fingerprint density at radius 3 is 2.23 bits per heavy atom. The Balaban J connectivity index is 1.77. The fourth-order valence-electron chi connectivity index (χ4n) is 2.10. The molecule has 2 rings (SSSR count). The first kappa shape index (κ1) is 18.7. The standard InChI is InChI=1S/C19H18N4O3/c20-11-10-17(24)21-12-14-6-8-16(9-7-14)23-18(25)13-22-19(26)15-4-2-1-3-5-15/h1-9H,10,12-13H2,(H,21,24)(H,22,26)(H,23,25). The number of amides is 3. The van der Waals surface area contributed by atoms with E-state index >= 15 is 0 Å². The Morgan fingerprint density at radius 1 is 0.885 bits per heavy atom. The smallest absolute Gasteiger partial charge is 0.251 e. The quantitative estimate of drug-likeness (QED) is 0.704. The number of anilines is 1. The van der Waals surface area contributed by atoms with Crippen molar-refractivity contribution < 1.29 is 14.4 Å². The molecule has 3 amide bonds. The number of rotatable bonds is 7. The average molecular weight is 350 g/mol. The molecule has 0 bridgehead atoms. The van der Waals surface area contributed by atoms with Crippen LogP contribution in [0.25, 0.3) is 0 Å². The average Bonchev–Trinajstić information content (AvgIpc) is 2.66. The van der Waals surface area contributed by atoms with Crippen LogP contribution >= 0.6 is 0 Å². The lowest BCUT2D eigenvalue weighted by atomic mass is 10.2. The van der Waals surface area contributed by atoms with Crippen LogP contribution in [0.5, 0.6) is 0 Å². The summed E-state index contributed by atoms with van der Waals surface area (Å²) in [6, 6.07) is 17.3. The highest BCUT2D eigenvalue weighted by Crippen LogP contribution is 2.09. The fourth-order valence-corrected chi connectivity index (χ4v) is 2.10. The summed E-state index contributed by atoms with van der Waals surface area (Å²) in [5.74, 6) is -0.993. The molecule has 26 heavy (non-hydrogen) atoms. The highest BCUT2D eigenvalue weighted by Gasteiger charge is 2.08. The topological polar surface area (TPSA) is 111 Å². The second kappa shape index (κ2) is 9.59. The highest BCUT2D eigenvalue weighted by molar-refractivity contribution is 5.99. The van der Waals surface area contributed by atoms with Crippen molar-refractivity contribution in [1.29, 1.82) is 5.26 Å². The van der Waals surface area contributed by atoms with Crippen LogP contribution in [0.1, 0.15) is 22.3 Å². The normalized spacial score (nSPS) is 9.65. The van der Waals surface area contributed by atoms with Crippen molar-refractivity contribution in [3.63, 3.8) is 0 Å². The van der Waals surface area contributed by atoms with Gasteiger partial charge in [0.1, 0.15) is 6.42 Å². The van der Waals surface area contributed by atoms with E-state index in [1.165, 1.54) is 0 Å². The van der Waals surface area contributed by atoms with Crippen LogP contribution < -0.4 is 16.0 Å². The van der Waals surface area contributed by atoms with E-state index in [0.717, 1.165) is 5.56 Å². The molecule has 2 aromatic rings. The maximum absolute atomic E-state index is 11.9. The Morgan fingerprint density at radius 2 is 1.58 bits per heavy atom. The van der Waals surface area contributed by atoms with Gasteiger partial charge in [0.2, 0.25) is 11.8 Å². The number of carbonyl (C=O) groups is 3. The van der Waals surface area contributed by atoms with Gasteiger partial charge in [0.25, 0.3) is 5.91 Å². The molecule has 2 aromatic carbocycles. The third kappa shape index (κ3) is 6.09. The molecule has 0 radical (unpaired) electrons. The Kier molecular flexibility index (Phi) is 6.89. The molecule has 0 atom stereocenters. The van der Waals surface area contributed by atoms with Gasteiger partial charge in [-0.2, -0.15) is 5.26 Å². The first-order chi connectivity index (χ1) is 12.6. The zero-order valence-electron chi connectivity index (χ0n) is 14.0. The molecule has 0 heterocycles. The van der Waals surface area contributed by atoms with Gasteiger partial charge in [0, 0.05) is 17.8 Å². The van der Waals surface area contributed by atoms with Gasteiger partial charge >= 0.3 is 0 Å². The van der Waals surface area contributed by atoms with Crippen LogP contribution in [0.2, 0.25) is 0 Å². The summed E-state index contributed by atoms with van der Waals surface area (Å²) in [6.07, 6.45) is -0.178. The van der Waals surface area contributed by atoms with Crippen molar-refractivity contribution in [2.45, 2.75) is 13.0 Å². The molecular weight excluding hydrogens is 332 g/mol. The molecule has 0 saturated carbocycles. The van der Waals surface area contributed by atoms with Crippen molar-refractivity contribution in [2.24, 2.45) is 0 Å². The predicted molar refractivity (Wildman–Crippen MR) is 95.9 cm³/mol. The van der Waals surface area contributed by atoms with Crippen LogP contribution in [0.4, 0.5) is 5.69 Å². The van der Waals surface area contributed by atoms with Crippen LogP contribution in [0.3, 0.4) is 0 Å². The molecule has 0 spiro atoms. The summed E-state index contributed by atoms with van der Waals surface area (Å²) in [5, 5.41) is 16.3. The lowest BCUT2D eigenvalue weighted by Crippen LogP contribution is -2.32. The number of hydrogen-bond donors (Lipinski definition) is 3. The molecule has 0 aliphatic heterocycles. The van der Waals surface area contributed by atoms with E-state index < -0.39 is 0 Å². The van der Waals surface area contributed by atoms with E-state index in [-0.39, 0.29) is 30.7 Å². The van der Waals surface area contributed by atoms with Gasteiger partial charge in [0.05, 0.1) is 12.6 Å². The third-order valence-corrected chi connectivity index (χ3v) is 3.41. The van der Waals surface area contributed by atoms with Gasteiger partial charge in [-0.15, -0.1) is 0 Å². The molecule has 0 saturated heterocycles. The maximum atomic E-state index is 11.9. The van der Waals surface area contributed by atoms with Crippen molar-refractivity contribution in [3.05, 3.63) is 65.7 Å². The number of nitriles is 1. The molecule has 0 unspecified atom stereocenters. The number of nitrogens with one attached hydrogen (secondary N) is 3. The van der Waals surface area contributed by atoms with Gasteiger partial charge < -0.3 is 16.0 Å². The van der Waals surface area contributed by atoms with Crippen molar-refractivity contribution in [1.82, 2.24) is 10.6 Å². The van der Waals surface area contributed by atoms with Gasteiger partial charge in [-0.1, -0.05) is 30.3 Å². The SMILES string of the molecule is N#CCC(=O)NCc1ccc(NC(=O)CNC(=O)c2ccccc2)cc1. The van der Waals surface area contributed by atoms with E-state index in [1.54, 1.807) is 54.6 Å². The fraction of sp³-hybridized carbons (Fsp3) is 0.158. The van der Waals surface area contributed by atoms with E-state index in [4.69, 9.17) is 5.26 Å². The van der Waals surface area contributed by atoms with E-state index in [0.29, 0.717) is 17.8 Å². The number of hydrogen-bond acceptors (Lipinski definition) is 4. The molecule has 132 valence electrons. The first-order valence-electron chi connectivity index (χ1n) is 7.94. The summed E-state index contributed by atoms with van der Waals surface area (Å²) in [4.78, 5) is 35.0. The maximum Gasteiger partial charge on any atom is 0.251 e. The molecule has 7 heteroatoms. The van der Waals surface area contributed by atoms with E-state index in [9.17, 15) is 14.4 Å². The lowest BCUT2D eigenvalue weighted by molar-refractivity contribution is -0.120. The van der Waals surface area contributed by atoms with Gasteiger partial charge in [0.15, 0.2) is 0 Å². The van der Waals surface area contributed by atoms with Crippen molar-refractivity contribution >= 4 is 23.4 Å². The van der Waals surface area contributed by atoms with E-state index in [1.807, 2.05) is 6.07 Å². The zero-order chi connectivity index (χ0) is 18.8. The number of carbonyl (C=O) groups excluding carboxylic acids is 3. The second-order valence-electron chi connectivity index (χ2n) is 5.41. The van der Waals surface area contributed by atoms with Crippen molar-refractivity contribution in [2.75, 3.05) is 11.9 Å². The molecule has 3 N–H and O–H groups in total. The summed E-state index contributed by atoms with van der Waals surface area (Å²) >= 11 is 0. The Labute approximate surface area is 151 Å². The molecule has 0 aromatic heterocycles. The Hall–Kier alpha value is -3.66.